The lowest BCUT2D eigenvalue weighted by molar-refractivity contribution is -0.137. The van der Waals surface area contributed by atoms with Gasteiger partial charge < -0.3 is 20.5 Å². The maximum absolute atomic E-state index is 13.5. The molecule has 0 bridgehead atoms. The summed E-state index contributed by atoms with van der Waals surface area (Å²) in [7, 11) is -2.92. The largest absolute Gasteiger partial charge is 0.475 e. The molecular formula is C30H39N2O10PS. The van der Waals surface area contributed by atoms with E-state index in [9.17, 15) is 28.8 Å². The van der Waals surface area contributed by atoms with Gasteiger partial charge >= 0.3 is 13.8 Å². The third kappa shape index (κ3) is 14.4. The Morgan fingerprint density at radius 1 is 0.886 bits per heavy atom. The predicted molar refractivity (Wildman–Crippen MR) is 165 cm³/mol. The molecule has 0 saturated carbocycles. The summed E-state index contributed by atoms with van der Waals surface area (Å²) in [5.74, 6) is -1.47. The highest BCUT2D eigenvalue weighted by molar-refractivity contribution is 8.14. The summed E-state index contributed by atoms with van der Waals surface area (Å²) < 4.78 is 34.7. The third-order valence-corrected chi connectivity index (χ3v) is 8.09. The monoisotopic (exact) mass is 650 g/mol. The molecule has 2 amide bonds. The number of aliphatic hydroxyl groups is 1. The van der Waals surface area contributed by atoms with Crippen LogP contribution in [0.25, 0.3) is 0 Å². The summed E-state index contributed by atoms with van der Waals surface area (Å²) in [5.41, 5.74) is 0.296. The van der Waals surface area contributed by atoms with Crippen LogP contribution in [0.5, 0.6) is 0 Å². The smallest absolute Gasteiger partial charge is 0.466 e. The van der Waals surface area contributed by atoms with Crippen LogP contribution in [0.3, 0.4) is 0 Å². The highest BCUT2D eigenvalue weighted by atomic mass is 32.2. The van der Waals surface area contributed by atoms with Gasteiger partial charge in [0.1, 0.15) is 6.10 Å². The molecule has 1 atom stereocenters. The van der Waals surface area contributed by atoms with E-state index in [4.69, 9.17) is 13.6 Å². The lowest BCUT2D eigenvalue weighted by atomic mass is 9.87. The van der Waals surface area contributed by atoms with E-state index in [1.165, 1.54) is 7.11 Å². The van der Waals surface area contributed by atoms with Crippen molar-refractivity contribution in [2.75, 3.05) is 32.6 Å². The average molecular weight is 651 g/mol. The highest BCUT2D eigenvalue weighted by Gasteiger charge is 2.38. The molecule has 0 aromatic heterocycles. The number of hydrogen-bond acceptors (Lipinski definition) is 11. The van der Waals surface area contributed by atoms with Crippen LogP contribution < -0.4 is 10.6 Å². The molecule has 12 nitrogen and oxygen atoms in total. The number of phosphoric acid groups is 1. The molecule has 14 heteroatoms. The van der Waals surface area contributed by atoms with Gasteiger partial charge in [0.05, 0.1) is 26.9 Å². The quantitative estimate of drug-likeness (QED) is 0.0881. The number of ether oxygens (including phenoxy) is 1. The Bertz CT molecular complexity index is 1240. The first-order valence-electron chi connectivity index (χ1n) is 13.7. The standard InChI is InChI=1S/C30H39N2O10PS/c1-30(2,28(36)29(37)32-17-16-25(33)31-18-19-44-27(35)15-14-26(34)39-3)22-42-43(38,40-20-23-10-6-4-7-11-23)41-21-24-12-8-5-9-13-24/h4-15,28,36H,16-22H2,1-3H3,(H,31,33)(H,32,37)/b15-14+/t28-/m0/s1. The van der Waals surface area contributed by atoms with Crippen LogP contribution >= 0.6 is 19.6 Å². The van der Waals surface area contributed by atoms with Crippen LogP contribution in [-0.2, 0) is 55.3 Å². The van der Waals surface area contributed by atoms with E-state index < -0.39 is 31.2 Å². The van der Waals surface area contributed by atoms with Gasteiger partial charge in [-0.15, -0.1) is 0 Å². The molecule has 3 N–H and O–H groups in total. The number of rotatable bonds is 19. The van der Waals surface area contributed by atoms with Crippen molar-refractivity contribution >= 4 is 42.5 Å². The normalized spacial score (nSPS) is 12.5. The van der Waals surface area contributed by atoms with Gasteiger partial charge in [-0.2, -0.15) is 0 Å². The summed E-state index contributed by atoms with van der Waals surface area (Å²) in [4.78, 5) is 47.3. The van der Waals surface area contributed by atoms with Crippen molar-refractivity contribution in [3.05, 3.63) is 83.9 Å². The summed E-state index contributed by atoms with van der Waals surface area (Å²) in [6.07, 6.45) is 0.464. The molecule has 0 aliphatic heterocycles. The van der Waals surface area contributed by atoms with Crippen molar-refractivity contribution in [1.82, 2.24) is 10.6 Å². The first-order valence-corrected chi connectivity index (χ1v) is 16.2. The Morgan fingerprint density at radius 3 is 2.00 bits per heavy atom. The number of aliphatic hydroxyl groups excluding tert-OH is 1. The molecular weight excluding hydrogens is 611 g/mol. The van der Waals surface area contributed by atoms with Crippen molar-refractivity contribution in [1.29, 1.82) is 0 Å². The van der Waals surface area contributed by atoms with Gasteiger partial charge in [-0.05, 0) is 17.2 Å². The lowest BCUT2D eigenvalue weighted by Gasteiger charge is -2.30. The van der Waals surface area contributed by atoms with E-state index in [0.717, 1.165) is 35.0 Å². The number of esters is 1. The van der Waals surface area contributed by atoms with E-state index in [2.05, 4.69) is 15.4 Å². The van der Waals surface area contributed by atoms with Gasteiger partial charge in [0, 0.05) is 36.8 Å². The fourth-order valence-corrected chi connectivity index (χ4v) is 5.22. The Morgan fingerprint density at radius 2 is 1.45 bits per heavy atom. The number of thioether (sulfide) groups is 1. The van der Waals surface area contributed by atoms with Crippen LogP contribution in [0.4, 0.5) is 0 Å². The minimum absolute atomic E-state index is 0.0418. The molecule has 2 aromatic carbocycles. The first-order chi connectivity index (χ1) is 20.9. The number of phosphoric ester groups is 1. The SMILES string of the molecule is COC(=O)/C=C/C(=O)SCCNC(=O)CCNC(=O)[C@H](O)C(C)(C)COP(=O)(OCc1ccccc1)OCc1ccccc1. The minimum atomic E-state index is -4.12. The van der Waals surface area contributed by atoms with E-state index >= 15 is 0 Å². The maximum atomic E-state index is 13.5. The van der Waals surface area contributed by atoms with Crippen LogP contribution in [0.2, 0.25) is 0 Å². The van der Waals surface area contributed by atoms with Gasteiger partial charge in [0.15, 0.2) is 0 Å². The number of methoxy groups -OCH3 is 1. The fraction of sp³-hybridized carbons (Fsp3) is 0.400. The Labute approximate surface area is 261 Å². The Kier molecular flexibility index (Phi) is 16.0. The van der Waals surface area contributed by atoms with Crippen molar-refractivity contribution in [2.24, 2.45) is 5.41 Å². The molecule has 0 aliphatic rings. The molecule has 2 aromatic rings. The van der Waals surface area contributed by atoms with Crippen LogP contribution in [0, 0.1) is 5.41 Å². The van der Waals surface area contributed by atoms with Crippen LogP contribution in [0.1, 0.15) is 31.4 Å². The summed E-state index contributed by atoms with van der Waals surface area (Å²) >= 11 is 0.915. The second-order valence-corrected chi connectivity index (χ2v) is 12.8. The van der Waals surface area contributed by atoms with Gasteiger partial charge in [-0.1, -0.05) is 86.3 Å². The molecule has 0 aliphatic carbocycles. The molecule has 44 heavy (non-hydrogen) atoms. The highest BCUT2D eigenvalue weighted by Crippen LogP contribution is 2.52. The molecule has 240 valence electrons. The summed E-state index contributed by atoms with van der Waals surface area (Å²) in [5, 5.41) is 15.5. The Hall–Kier alpha value is -3.32. The second-order valence-electron chi connectivity index (χ2n) is 10.0. The molecule has 2 rings (SSSR count). The zero-order valence-corrected chi connectivity index (χ0v) is 26.6. The number of nitrogens with one attached hydrogen (secondary N) is 2. The number of amides is 2. The van der Waals surface area contributed by atoms with Crippen molar-refractivity contribution in [3.8, 4) is 0 Å². The first kappa shape index (κ1) is 36.9. The second kappa shape index (κ2) is 19.1. The van der Waals surface area contributed by atoms with Gasteiger partial charge in [-0.3, -0.25) is 28.0 Å². The van der Waals surface area contributed by atoms with Gasteiger partial charge in [0.25, 0.3) is 0 Å². The van der Waals surface area contributed by atoms with E-state index in [1.807, 2.05) is 36.4 Å². The van der Waals surface area contributed by atoms with Crippen LogP contribution in [0.15, 0.2) is 72.8 Å². The van der Waals surface area contributed by atoms with Crippen molar-refractivity contribution in [2.45, 2.75) is 39.6 Å². The molecule has 0 spiro atoms. The van der Waals surface area contributed by atoms with E-state index in [0.29, 0.717) is 0 Å². The van der Waals surface area contributed by atoms with Crippen molar-refractivity contribution in [3.63, 3.8) is 0 Å². The molecule has 0 heterocycles. The van der Waals surface area contributed by atoms with Gasteiger partial charge in [0.2, 0.25) is 16.9 Å². The van der Waals surface area contributed by atoms with Crippen molar-refractivity contribution < 1.29 is 47.2 Å². The zero-order valence-electron chi connectivity index (χ0n) is 24.9. The summed E-state index contributed by atoms with van der Waals surface area (Å²) in [6, 6.07) is 18.1. The topological polar surface area (TPSA) is 167 Å². The average Bonchev–Trinajstić information content (AvgIpc) is 3.03. The van der Waals surface area contributed by atoms with Crippen LogP contribution in [-0.4, -0.2) is 66.7 Å². The Balaban J connectivity index is 1.81. The number of carbonyl (C=O) groups excluding carboxylic acids is 4. The van der Waals surface area contributed by atoms with Gasteiger partial charge in [-0.25, -0.2) is 9.36 Å². The molecule has 0 unspecified atom stereocenters. The zero-order chi connectivity index (χ0) is 32.4. The molecule has 0 radical (unpaired) electrons. The number of carbonyl (C=O) groups is 4. The lowest BCUT2D eigenvalue weighted by Crippen LogP contribution is -2.46. The maximum Gasteiger partial charge on any atom is 0.475 e. The molecule has 0 fully saturated rings. The predicted octanol–water partition coefficient (Wildman–Crippen LogP) is 3.54. The van der Waals surface area contributed by atoms with E-state index in [1.54, 1.807) is 38.1 Å². The summed E-state index contributed by atoms with van der Waals surface area (Å²) in [6.45, 7) is 2.84. The number of hydrogen-bond donors (Lipinski definition) is 3. The molecule has 0 saturated heterocycles. The fourth-order valence-electron chi connectivity index (χ4n) is 3.33. The number of benzene rings is 2. The third-order valence-electron chi connectivity index (χ3n) is 5.92. The minimum Gasteiger partial charge on any atom is -0.466 e. The van der Waals surface area contributed by atoms with E-state index in [-0.39, 0.29) is 56.1 Å².